The fourth-order valence-electron chi connectivity index (χ4n) is 2.06. The van der Waals surface area contributed by atoms with Gasteiger partial charge in [0.25, 0.3) is 0 Å². The summed E-state index contributed by atoms with van der Waals surface area (Å²) in [6.45, 7) is 8.11. The lowest BCUT2D eigenvalue weighted by Gasteiger charge is -2.34. The molecule has 0 rings (SSSR count). The molecule has 0 unspecified atom stereocenters. The van der Waals surface area contributed by atoms with Crippen molar-refractivity contribution >= 4 is 12.6 Å². The van der Waals surface area contributed by atoms with E-state index in [4.69, 9.17) is 0 Å². The smallest absolute Gasteiger partial charge is 0.00425 e. The molecular weight excluding hydrogens is 216 g/mol. The van der Waals surface area contributed by atoms with Crippen LogP contribution in [0.2, 0.25) is 0 Å². The monoisotopic (exact) mass is 246 g/mol. The van der Waals surface area contributed by atoms with Crippen molar-refractivity contribution in [3.05, 3.63) is 0 Å². The van der Waals surface area contributed by atoms with E-state index in [9.17, 15) is 0 Å². The van der Waals surface area contributed by atoms with Gasteiger partial charge in [0.15, 0.2) is 0 Å². The molecule has 0 spiro atoms. The van der Waals surface area contributed by atoms with Gasteiger partial charge < -0.3 is 9.80 Å². The summed E-state index contributed by atoms with van der Waals surface area (Å²) >= 11 is 4.52. The highest BCUT2D eigenvalue weighted by Crippen LogP contribution is 2.28. The van der Waals surface area contributed by atoms with Crippen molar-refractivity contribution < 1.29 is 0 Å². The number of thiol groups is 1. The molecule has 0 saturated carbocycles. The maximum Gasteiger partial charge on any atom is 0.00425 e. The number of rotatable bonds is 9. The van der Waals surface area contributed by atoms with Gasteiger partial charge in [-0.3, -0.25) is 0 Å². The summed E-state index contributed by atoms with van der Waals surface area (Å²) in [7, 11) is 6.51. The average Bonchev–Trinajstić information content (AvgIpc) is 2.25. The number of nitrogens with zero attached hydrogens (tertiary/aromatic N) is 2. The van der Waals surface area contributed by atoms with Crippen LogP contribution in [0.1, 0.15) is 33.1 Å². The molecule has 0 atom stereocenters. The van der Waals surface area contributed by atoms with Gasteiger partial charge in [-0.25, -0.2) is 0 Å². The standard InChI is InChI=1S/C13H30N2S/c1-6-13(7-2,12-16)11-15(5)10-8-9-14(3)4/h16H,6-12H2,1-5H3. The summed E-state index contributed by atoms with van der Waals surface area (Å²) in [4.78, 5) is 4.71. The molecule has 0 aromatic heterocycles. The van der Waals surface area contributed by atoms with Crippen LogP contribution in [0.4, 0.5) is 0 Å². The summed E-state index contributed by atoms with van der Waals surface area (Å²) in [5, 5.41) is 0. The maximum absolute atomic E-state index is 4.52. The molecule has 0 N–H and O–H groups in total. The van der Waals surface area contributed by atoms with E-state index in [2.05, 4.69) is 57.4 Å². The topological polar surface area (TPSA) is 6.48 Å². The Morgan fingerprint density at radius 1 is 1.00 bits per heavy atom. The zero-order valence-electron chi connectivity index (χ0n) is 11.8. The van der Waals surface area contributed by atoms with Crippen LogP contribution in [0.25, 0.3) is 0 Å². The molecule has 16 heavy (non-hydrogen) atoms. The highest BCUT2D eigenvalue weighted by atomic mass is 32.1. The van der Waals surface area contributed by atoms with Gasteiger partial charge in [0.1, 0.15) is 0 Å². The quantitative estimate of drug-likeness (QED) is 0.625. The van der Waals surface area contributed by atoms with E-state index in [1.165, 1.54) is 38.9 Å². The summed E-state index contributed by atoms with van der Waals surface area (Å²) in [5.41, 5.74) is 0.413. The van der Waals surface area contributed by atoms with Crippen molar-refractivity contribution in [1.82, 2.24) is 9.80 Å². The summed E-state index contributed by atoms with van der Waals surface area (Å²) in [6, 6.07) is 0. The Bertz CT molecular complexity index is 159. The van der Waals surface area contributed by atoms with Crippen LogP contribution >= 0.6 is 12.6 Å². The minimum atomic E-state index is 0.413. The first-order valence-electron chi connectivity index (χ1n) is 6.43. The third-order valence-electron chi connectivity index (χ3n) is 3.59. The molecular formula is C13H30N2S. The fraction of sp³-hybridized carbons (Fsp3) is 1.00. The Labute approximate surface area is 108 Å². The number of hydrogen-bond donors (Lipinski definition) is 1. The highest BCUT2D eigenvalue weighted by Gasteiger charge is 2.25. The van der Waals surface area contributed by atoms with Crippen LogP contribution in [0.3, 0.4) is 0 Å². The van der Waals surface area contributed by atoms with E-state index in [0.717, 1.165) is 5.75 Å². The first-order chi connectivity index (χ1) is 7.49. The molecule has 0 aliphatic heterocycles. The SMILES string of the molecule is CCC(CC)(CS)CN(C)CCCN(C)C. The summed E-state index contributed by atoms with van der Waals surface area (Å²) in [5.74, 6) is 0.998. The van der Waals surface area contributed by atoms with Gasteiger partial charge in [-0.05, 0) is 64.7 Å². The van der Waals surface area contributed by atoms with E-state index < -0.39 is 0 Å². The van der Waals surface area contributed by atoms with Gasteiger partial charge in [-0.1, -0.05) is 13.8 Å². The van der Waals surface area contributed by atoms with Crippen molar-refractivity contribution in [2.24, 2.45) is 5.41 Å². The molecule has 0 radical (unpaired) electrons. The average molecular weight is 246 g/mol. The van der Waals surface area contributed by atoms with Gasteiger partial charge in [0.05, 0.1) is 0 Å². The van der Waals surface area contributed by atoms with E-state index in [1.54, 1.807) is 0 Å². The van der Waals surface area contributed by atoms with Gasteiger partial charge >= 0.3 is 0 Å². The molecule has 0 fully saturated rings. The van der Waals surface area contributed by atoms with Crippen molar-refractivity contribution in [1.29, 1.82) is 0 Å². The highest BCUT2D eigenvalue weighted by molar-refractivity contribution is 7.80. The van der Waals surface area contributed by atoms with Crippen LogP contribution in [-0.4, -0.2) is 56.3 Å². The third-order valence-corrected chi connectivity index (χ3v) is 4.26. The van der Waals surface area contributed by atoms with Gasteiger partial charge in [-0.15, -0.1) is 0 Å². The van der Waals surface area contributed by atoms with Crippen molar-refractivity contribution in [3.63, 3.8) is 0 Å². The van der Waals surface area contributed by atoms with Gasteiger partial charge in [-0.2, -0.15) is 12.6 Å². The zero-order valence-corrected chi connectivity index (χ0v) is 12.7. The molecule has 0 amide bonds. The second kappa shape index (κ2) is 8.37. The lowest BCUT2D eigenvalue weighted by molar-refractivity contribution is 0.179. The minimum Gasteiger partial charge on any atom is -0.309 e. The van der Waals surface area contributed by atoms with Crippen LogP contribution in [0, 0.1) is 5.41 Å². The molecule has 0 aromatic rings. The second-order valence-corrected chi connectivity index (χ2v) is 5.58. The van der Waals surface area contributed by atoms with E-state index >= 15 is 0 Å². The van der Waals surface area contributed by atoms with E-state index in [0.29, 0.717) is 5.41 Å². The molecule has 3 heteroatoms. The molecule has 98 valence electrons. The molecule has 0 saturated heterocycles. The van der Waals surface area contributed by atoms with E-state index in [-0.39, 0.29) is 0 Å². The largest absolute Gasteiger partial charge is 0.309 e. The molecule has 0 heterocycles. The molecule has 0 aromatic carbocycles. The van der Waals surface area contributed by atoms with Gasteiger partial charge in [0.2, 0.25) is 0 Å². The van der Waals surface area contributed by atoms with Crippen LogP contribution < -0.4 is 0 Å². The molecule has 0 aliphatic carbocycles. The van der Waals surface area contributed by atoms with E-state index in [1.807, 2.05) is 0 Å². The predicted octanol–water partition coefficient (Wildman–Crippen LogP) is 2.61. The van der Waals surface area contributed by atoms with Crippen LogP contribution in [0.15, 0.2) is 0 Å². The van der Waals surface area contributed by atoms with Crippen molar-refractivity contribution in [2.45, 2.75) is 33.1 Å². The Hall–Kier alpha value is 0.270. The van der Waals surface area contributed by atoms with Gasteiger partial charge in [0, 0.05) is 6.54 Å². The number of hydrogen-bond acceptors (Lipinski definition) is 3. The normalized spacial score (nSPS) is 12.8. The Morgan fingerprint density at radius 2 is 1.56 bits per heavy atom. The Morgan fingerprint density at radius 3 is 1.94 bits per heavy atom. The maximum atomic E-state index is 4.52. The zero-order chi connectivity index (χ0) is 12.6. The molecule has 0 bridgehead atoms. The summed E-state index contributed by atoms with van der Waals surface area (Å²) < 4.78 is 0. The lowest BCUT2D eigenvalue weighted by atomic mass is 9.84. The second-order valence-electron chi connectivity index (χ2n) is 5.26. The fourth-order valence-corrected chi connectivity index (χ4v) is 2.60. The molecule has 0 aliphatic rings. The van der Waals surface area contributed by atoms with Crippen LogP contribution in [0.5, 0.6) is 0 Å². The Kier molecular flexibility index (Phi) is 8.52. The molecule has 2 nitrogen and oxygen atoms in total. The summed E-state index contributed by atoms with van der Waals surface area (Å²) in [6.07, 6.45) is 3.70. The van der Waals surface area contributed by atoms with Crippen LogP contribution in [-0.2, 0) is 0 Å². The van der Waals surface area contributed by atoms with Crippen molar-refractivity contribution in [3.8, 4) is 0 Å². The first kappa shape index (κ1) is 16.3. The predicted molar refractivity (Wildman–Crippen MR) is 77.5 cm³/mol. The van der Waals surface area contributed by atoms with Crippen molar-refractivity contribution in [2.75, 3.05) is 46.5 Å². The lowest BCUT2D eigenvalue weighted by Crippen LogP contribution is -2.37. The first-order valence-corrected chi connectivity index (χ1v) is 7.07. The minimum absolute atomic E-state index is 0.413. The Balaban J connectivity index is 3.95. The third kappa shape index (κ3) is 6.12.